The fraction of sp³-hybridized carbons (Fsp3) is 0.238. The first kappa shape index (κ1) is 20.2. The molecule has 0 aliphatic heterocycles. The van der Waals surface area contributed by atoms with Gasteiger partial charge in [0.05, 0.1) is 26.5 Å². The molecular formula is C21H20ClNO4S. The average Bonchev–Trinajstić information content (AvgIpc) is 3.12. The first-order valence-corrected chi connectivity index (χ1v) is 9.88. The Hall–Kier alpha value is -2.57. The van der Waals surface area contributed by atoms with E-state index in [2.05, 4.69) is 4.98 Å². The van der Waals surface area contributed by atoms with E-state index >= 15 is 0 Å². The minimum atomic E-state index is -0.422. The Morgan fingerprint density at radius 1 is 1.11 bits per heavy atom. The van der Waals surface area contributed by atoms with E-state index in [4.69, 9.17) is 25.8 Å². The topological polar surface area (TPSA) is 57.7 Å². The molecule has 0 saturated heterocycles. The van der Waals surface area contributed by atoms with Crippen LogP contribution in [0.15, 0.2) is 42.5 Å². The standard InChI is InChI=1S/C21H20ClNO4S/c1-4-27-21(24)20-23-19(14-6-5-7-15(22)12-14)18(28-20)11-13-8-9-16(25-2)17(10-13)26-3/h5-10,12H,4,11H2,1-3H3. The molecule has 0 unspecified atom stereocenters. The second-order valence-corrected chi connectivity index (χ2v) is 7.41. The number of hydrogen-bond donors (Lipinski definition) is 0. The van der Waals surface area contributed by atoms with Crippen LogP contribution in [-0.2, 0) is 11.2 Å². The van der Waals surface area contributed by atoms with Crippen LogP contribution in [0.2, 0.25) is 5.02 Å². The van der Waals surface area contributed by atoms with E-state index in [1.807, 2.05) is 36.4 Å². The molecule has 0 spiro atoms. The number of halogens is 1. The lowest BCUT2D eigenvalue weighted by Crippen LogP contribution is -2.03. The normalized spacial score (nSPS) is 10.6. The van der Waals surface area contributed by atoms with Gasteiger partial charge in [-0.05, 0) is 36.8 Å². The maximum absolute atomic E-state index is 12.2. The Morgan fingerprint density at radius 2 is 1.89 bits per heavy atom. The monoisotopic (exact) mass is 417 g/mol. The van der Waals surface area contributed by atoms with Gasteiger partial charge in [-0.3, -0.25) is 0 Å². The van der Waals surface area contributed by atoms with Crippen LogP contribution in [0.25, 0.3) is 11.3 Å². The summed E-state index contributed by atoms with van der Waals surface area (Å²) in [6.07, 6.45) is 0.583. The largest absolute Gasteiger partial charge is 0.493 e. The first-order chi connectivity index (χ1) is 13.5. The molecule has 1 aromatic heterocycles. The van der Waals surface area contributed by atoms with E-state index in [0.717, 1.165) is 21.7 Å². The first-order valence-electron chi connectivity index (χ1n) is 8.69. The summed E-state index contributed by atoms with van der Waals surface area (Å²) in [7, 11) is 3.20. The summed E-state index contributed by atoms with van der Waals surface area (Å²) in [5, 5.41) is 0.938. The van der Waals surface area contributed by atoms with E-state index in [0.29, 0.717) is 34.6 Å². The van der Waals surface area contributed by atoms with Crippen molar-refractivity contribution in [2.45, 2.75) is 13.3 Å². The summed E-state index contributed by atoms with van der Waals surface area (Å²) in [5.41, 5.74) is 2.60. The van der Waals surface area contributed by atoms with Crippen LogP contribution >= 0.6 is 22.9 Å². The van der Waals surface area contributed by atoms with Crippen LogP contribution < -0.4 is 9.47 Å². The number of ether oxygens (including phenoxy) is 3. The molecule has 0 atom stereocenters. The molecule has 3 aromatic rings. The predicted molar refractivity (Wildman–Crippen MR) is 111 cm³/mol. The zero-order chi connectivity index (χ0) is 20.1. The Kier molecular flexibility index (Phi) is 6.54. The van der Waals surface area contributed by atoms with Gasteiger partial charge in [-0.25, -0.2) is 9.78 Å². The molecule has 7 heteroatoms. The van der Waals surface area contributed by atoms with Crippen molar-refractivity contribution < 1.29 is 19.0 Å². The molecule has 0 N–H and O–H groups in total. The van der Waals surface area contributed by atoms with Crippen molar-refractivity contribution in [3.63, 3.8) is 0 Å². The summed E-state index contributed by atoms with van der Waals surface area (Å²) in [6, 6.07) is 13.2. The third-order valence-electron chi connectivity index (χ3n) is 4.06. The lowest BCUT2D eigenvalue weighted by molar-refractivity contribution is 0.0526. The smallest absolute Gasteiger partial charge is 0.367 e. The molecule has 0 aliphatic rings. The number of carbonyl (C=O) groups excluding carboxylic acids is 1. The molecule has 146 valence electrons. The highest BCUT2D eigenvalue weighted by molar-refractivity contribution is 7.14. The maximum Gasteiger partial charge on any atom is 0.367 e. The molecule has 2 aromatic carbocycles. The van der Waals surface area contributed by atoms with Crippen molar-refractivity contribution in [2.24, 2.45) is 0 Å². The highest BCUT2D eigenvalue weighted by Gasteiger charge is 2.20. The Bertz CT molecular complexity index is 986. The van der Waals surface area contributed by atoms with Gasteiger partial charge in [0.2, 0.25) is 5.01 Å². The van der Waals surface area contributed by atoms with Gasteiger partial charge >= 0.3 is 5.97 Å². The molecule has 3 rings (SSSR count). The van der Waals surface area contributed by atoms with Crippen molar-refractivity contribution in [3.05, 3.63) is 62.9 Å². The van der Waals surface area contributed by atoms with Crippen molar-refractivity contribution >= 4 is 28.9 Å². The van der Waals surface area contributed by atoms with Gasteiger partial charge in [-0.15, -0.1) is 11.3 Å². The molecule has 5 nitrogen and oxygen atoms in total. The highest BCUT2D eigenvalue weighted by atomic mass is 35.5. The summed E-state index contributed by atoms with van der Waals surface area (Å²) in [4.78, 5) is 17.7. The van der Waals surface area contributed by atoms with Gasteiger partial charge in [0.25, 0.3) is 0 Å². The van der Waals surface area contributed by atoms with Gasteiger partial charge < -0.3 is 14.2 Å². The number of nitrogens with zero attached hydrogens (tertiary/aromatic N) is 1. The fourth-order valence-electron chi connectivity index (χ4n) is 2.79. The van der Waals surface area contributed by atoms with Crippen LogP contribution in [0.3, 0.4) is 0 Å². The lowest BCUT2D eigenvalue weighted by Gasteiger charge is -2.09. The Balaban J connectivity index is 2.02. The molecule has 1 heterocycles. The maximum atomic E-state index is 12.2. The fourth-order valence-corrected chi connectivity index (χ4v) is 3.99. The van der Waals surface area contributed by atoms with Crippen LogP contribution in [0.1, 0.15) is 27.2 Å². The third-order valence-corrected chi connectivity index (χ3v) is 5.33. The zero-order valence-corrected chi connectivity index (χ0v) is 17.4. The van der Waals surface area contributed by atoms with Crippen molar-refractivity contribution in [1.82, 2.24) is 4.98 Å². The van der Waals surface area contributed by atoms with Crippen LogP contribution in [0.4, 0.5) is 0 Å². The van der Waals surface area contributed by atoms with Crippen molar-refractivity contribution in [1.29, 1.82) is 0 Å². The van der Waals surface area contributed by atoms with E-state index in [-0.39, 0.29) is 0 Å². The van der Waals surface area contributed by atoms with Crippen molar-refractivity contribution in [2.75, 3.05) is 20.8 Å². The minimum absolute atomic E-state index is 0.302. The van der Waals surface area contributed by atoms with Gasteiger partial charge in [0.15, 0.2) is 11.5 Å². The number of hydrogen-bond acceptors (Lipinski definition) is 6. The molecule has 0 fully saturated rings. The summed E-state index contributed by atoms with van der Waals surface area (Å²) >= 11 is 7.48. The van der Waals surface area contributed by atoms with Crippen LogP contribution in [0, 0.1) is 0 Å². The quantitative estimate of drug-likeness (QED) is 0.491. The van der Waals surface area contributed by atoms with Gasteiger partial charge in [-0.2, -0.15) is 0 Å². The Morgan fingerprint density at radius 3 is 2.57 bits per heavy atom. The SMILES string of the molecule is CCOC(=O)c1nc(-c2cccc(Cl)c2)c(Cc2ccc(OC)c(OC)c2)s1. The van der Waals surface area contributed by atoms with E-state index < -0.39 is 5.97 Å². The molecule has 0 amide bonds. The van der Waals surface area contributed by atoms with E-state index in [1.165, 1.54) is 11.3 Å². The highest BCUT2D eigenvalue weighted by Crippen LogP contribution is 2.34. The number of benzene rings is 2. The zero-order valence-electron chi connectivity index (χ0n) is 15.8. The number of carbonyl (C=O) groups is 1. The van der Waals surface area contributed by atoms with E-state index in [1.54, 1.807) is 27.2 Å². The lowest BCUT2D eigenvalue weighted by atomic mass is 10.1. The number of thiazole rings is 1. The molecule has 0 radical (unpaired) electrons. The molecule has 0 bridgehead atoms. The molecular weight excluding hydrogens is 398 g/mol. The van der Waals surface area contributed by atoms with Gasteiger partial charge in [0, 0.05) is 21.9 Å². The number of esters is 1. The number of methoxy groups -OCH3 is 2. The van der Waals surface area contributed by atoms with Crippen LogP contribution in [-0.4, -0.2) is 31.8 Å². The average molecular weight is 418 g/mol. The summed E-state index contributed by atoms with van der Waals surface area (Å²) in [5.74, 6) is 0.895. The summed E-state index contributed by atoms with van der Waals surface area (Å²) in [6.45, 7) is 2.07. The third kappa shape index (κ3) is 4.46. The van der Waals surface area contributed by atoms with Crippen molar-refractivity contribution in [3.8, 4) is 22.8 Å². The molecule has 28 heavy (non-hydrogen) atoms. The predicted octanol–water partition coefficient (Wildman–Crippen LogP) is 5.25. The van der Waals surface area contributed by atoms with Gasteiger partial charge in [-0.1, -0.05) is 29.8 Å². The summed E-state index contributed by atoms with van der Waals surface area (Å²) < 4.78 is 15.8. The van der Waals surface area contributed by atoms with Gasteiger partial charge in [0.1, 0.15) is 0 Å². The van der Waals surface area contributed by atoms with E-state index in [9.17, 15) is 4.79 Å². The second kappa shape index (κ2) is 9.08. The number of aromatic nitrogens is 1. The minimum Gasteiger partial charge on any atom is -0.493 e. The second-order valence-electron chi connectivity index (χ2n) is 5.89. The number of rotatable bonds is 7. The Labute approximate surface area is 172 Å². The molecule has 0 saturated carbocycles. The van der Waals surface area contributed by atoms with Crippen LogP contribution in [0.5, 0.6) is 11.5 Å². The molecule has 0 aliphatic carbocycles.